The second-order valence-corrected chi connectivity index (χ2v) is 9.93. The maximum atomic E-state index is 11.9. The van der Waals surface area contributed by atoms with Crippen LogP contribution in [0.1, 0.15) is 62.5 Å². The van der Waals surface area contributed by atoms with Gasteiger partial charge < -0.3 is 9.59 Å². The first-order valence-electron chi connectivity index (χ1n) is 12.0. The number of likely N-dealkylation sites (tertiary alicyclic amines) is 1. The fourth-order valence-corrected chi connectivity index (χ4v) is 5.70. The number of piperidine rings is 1. The van der Waals surface area contributed by atoms with Crippen molar-refractivity contribution in [2.24, 2.45) is 5.92 Å². The van der Waals surface area contributed by atoms with Gasteiger partial charge in [-0.1, -0.05) is 85.3 Å². The summed E-state index contributed by atoms with van der Waals surface area (Å²) in [5, 5.41) is 12.7. The van der Waals surface area contributed by atoms with Gasteiger partial charge in [0, 0.05) is 16.5 Å². The molecular formula is C28H35ClNO+. The van der Waals surface area contributed by atoms with E-state index in [1.54, 1.807) is 0 Å². The van der Waals surface area contributed by atoms with Gasteiger partial charge in [-0.3, -0.25) is 0 Å². The van der Waals surface area contributed by atoms with E-state index in [1.807, 2.05) is 42.5 Å². The molecule has 3 heteroatoms. The molecule has 0 unspecified atom stereocenters. The van der Waals surface area contributed by atoms with Gasteiger partial charge in [-0.25, -0.2) is 0 Å². The third kappa shape index (κ3) is 5.35. The van der Waals surface area contributed by atoms with E-state index in [0.717, 1.165) is 54.1 Å². The molecule has 0 spiro atoms. The van der Waals surface area contributed by atoms with E-state index in [2.05, 4.69) is 24.0 Å². The third-order valence-electron chi connectivity index (χ3n) is 7.33. The van der Waals surface area contributed by atoms with Crippen LogP contribution in [0.25, 0.3) is 0 Å². The first-order chi connectivity index (χ1) is 15.1. The van der Waals surface area contributed by atoms with E-state index in [1.165, 1.54) is 44.1 Å². The van der Waals surface area contributed by atoms with Crippen LogP contribution in [0.4, 0.5) is 0 Å². The molecule has 0 amide bonds. The molecule has 2 aromatic carbocycles. The van der Waals surface area contributed by atoms with Crippen molar-refractivity contribution < 1.29 is 9.59 Å². The summed E-state index contributed by atoms with van der Waals surface area (Å²) in [6, 6.07) is 18.3. The minimum Gasteiger partial charge on any atom is -0.373 e. The van der Waals surface area contributed by atoms with Crippen LogP contribution in [0, 0.1) is 17.8 Å². The Labute approximate surface area is 192 Å². The number of benzene rings is 2. The highest BCUT2D eigenvalue weighted by molar-refractivity contribution is 6.31. The molecule has 1 aliphatic carbocycles. The van der Waals surface area contributed by atoms with Gasteiger partial charge >= 0.3 is 0 Å². The lowest BCUT2D eigenvalue weighted by Gasteiger charge is -2.40. The summed E-state index contributed by atoms with van der Waals surface area (Å²) in [5.41, 5.74) is 1.11. The van der Waals surface area contributed by atoms with E-state index < -0.39 is 5.60 Å². The maximum absolute atomic E-state index is 11.9. The smallest absolute Gasteiger partial charge is 0.153 e. The standard InChI is InChI=1S/C28H35ClNO/c29-27-18-9-8-13-24(27)23-30(20-10-3-11-21-30)22-12-19-28(31,25-14-4-1-5-15-25)26-16-6-2-7-17-26/h1,4-5,8-9,13-15,18,26,31H,2-3,6-7,10-11,16-17,20-23H2/q+1/t28-/m0/s1. The molecule has 31 heavy (non-hydrogen) atoms. The molecule has 1 heterocycles. The summed E-state index contributed by atoms with van der Waals surface area (Å²) >= 11 is 6.51. The zero-order valence-corrected chi connectivity index (χ0v) is 19.3. The predicted octanol–water partition coefficient (Wildman–Crippen LogP) is 6.31. The average molecular weight is 437 g/mol. The number of hydrogen-bond acceptors (Lipinski definition) is 1. The molecule has 0 radical (unpaired) electrons. The maximum Gasteiger partial charge on any atom is 0.153 e. The van der Waals surface area contributed by atoms with Crippen molar-refractivity contribution in [3.63, 3.8) is 0 Å². The van der Waals surface area contributed by atoms with Crippen molar-refractivity contribution in [1.82, 2.24) is 0 Å². The molecule has 1 saturated carbocycles. The molecule has 1 atom stereocenters. The van der Waals surface area contributed by atoms with Gasteiger partial charge in [0.25, 0.3) is 0 Å². The first-order valence-corrected chi connectivity index (χ1v) is 12.4. The van der Waals surface area contributed by atoms with Gasteiger partial charge in [-0.05, 0) is 49.7 Å². The van der Waals surface area contributed by atoms with E-state index in [-0.39, 0.29) is 5.92 Å². The number of quaternary nitrogens is 1. The Balaban J connectivity index is 1.60. The topological polar surface area (TPSA) is 20.2 Å². The highest BCUT2D eigenvalue weighted by atomic mass is 35.5. The monoisotopic (exact) mass is 436 g/mol. The second kappa shape index (κ2) is 10.2. The zero-order chi connectivity index (χ0) is 21.6. The van der Waals surface area contributed by atoms with Crippen molar-refractivity contribution in [3.05, 3.63) is 70.7 Å². The largest absolute Gasteiger partial charge is 0.373 e. The molecule has 0 aromatic heterocycles. The van der Waals surface area contributed by atoms with Gasteiger partial charge in [-0.2, -0.15) is 0 Å². The molecular weight excluding hydrogens is 402 g/mol. The average Bonchev–Trinajstić information content (AvgIpc) is 2.82. The van der Waals surface area contributed by atoms with Crippen LogP contribution in [-0.4, -0.2) is 29.2 Å². The number of halogens is 1. The Morgan fingerprint density at radius 1 is 0.871 bits per heavy atom. The van der Waals surface area contributed by atoms with Crippen LogP contribution in [0.2, 0.25) is 5.02 Å². The molecule has 0 bridgehead atoms. The lowest BCUT2D eigenvalue weighted by Crippen LogP contribution is -2.51. The highest BCUT2D eigenvalue weighted by Crippen LogP contribution is 2.39. The van der Waals surface area contributed by atoms with Crippen molar-refractivity contribution in [2.75, 3.05) is 19.6 Å². The number of aliphatic hydroxyl groups is 1. The Morgan fingerprint density at radius 3 is 2.23 bits per heavy atom. The molecule has 1 saturated heterocycles. The lowest BCUT2D eigenvalue weighted by atomic mass is 9.73. The fourth-order valence-electron chi connectivity index (χ4n) is 5.51. The van der Waals surface area contributed by atoms with E-state index in [9.17, 15) is 5.11 Å². The van der Waals surface area contributed by atoms with Crippen molar-refractivity contribution in [1.29, 1.82) is 0 Å². The van der Waals surface area contributed by atoms with Crippen LogP contribution >= 0.6 is 11.6 Å². The van der Waals surface area contributed by atoms with Crippen LogP contribution < -0.4 is 0 Å². The Morgan fingerprint density at radius 2 is 1.52 bits per heavy atom. The molecule has 4 rings (SSSR count). The molecule has 1 aliphatic heterocycles. The third-order valence-corrected chi connectivity index (χ3v) is 7.70. The van der Waals surface area contributed by atoms with Crippen LogP contribution in [0.15, 0.2) is 54.6 Å². The fraction of sp³-hybridized carbons (Fsp3) is 0.500. The van der Waals surface area contributed by atoms with E-state index >= 15 is 0 Å². The van der Waals surface area contributed by atoms with Gasteiger partial charge in [0.1, 0.15) is 13.1 Å². The summed E-state index contributed by atoms with van der Waals surface area (Å²) < 4.78 is 0.951. The van der Waals surface area contributed by atoms with Crippen LogP contribution in [-0.2, 0) is 12.1 Å². The number of rotatable bonds is 5. The zero-order valence-electron chi connectivity index (χ0n) is 18.5. The summed E-state index contributed by atoms with van der Waals surface area (Å²) in [6.45, 7) is 3.95. The summed E-state index contributed by atoms with van der Waals surface area (Å²) in [6.07, 6.45) is 9.52. The summed E-state index contributed by atoms with van der Waals surface area (Å²) in [4.78, 5) is 0. The van der Waals surface area contributed by atoms with Gasteiger partial charge in [0.2, 0.25) is 0 Å². The second-order valence-electron chi connectivity index (χ2n) is 9.53. The Kier molecular flexibility index (Phi) is 7.39. The van der Waals surface area contributed by atoms with E-state index in [0.29, 0.717) is 0 Å². The molecule has 164 valence electrons. The number of hydrogen-bond donors (Lipinski definition) is 1. The Hall–Kier alpha value is -1.79. The van der Waals surface area contributed by atoms with Gasteiger partial charge in [0.15, 0.2) is 5.60 Å². The SMILES string of the molecule is O[C@@](C#CC[N+]1(Cc2ccccc2Cl)CCCCC1)(c1ccccc1)C1CCCCC1. The molecule has 1 N–H and O–H groups in total. The van der Waals surface area contributed by atoms with Crippen LogP contribution in [0.3, 0.4) is 0 Å². The van der Waals surface area contributed by atoms with Crippen molar-refractivity contribution in [2.45, 2.75) is 63.5 Å². The first kappa shape index (κ1) is 22.4. The number of nitrogens with zero attached hydrogens (tertiary/aromatic N) is 1. The highest BCUT2D eigenvalue weighted by Gasteiger charge is 2.38. The summed E-state index contributed by atoms with van der Waals surface area (Å²) in [7, 11) is 0. The van der Waals surface area contributed by atoms with Crippen molar-refractivity contribution in [3.8, 4) is 11.8 Å². The minimum atomic E-state index is -1.05. The van der Waals surface area contributed by atoms with Crippen LogP contribution in [0.5, 0.6) is 0 Å². The molecule has 2 fully saturated rings. The predicted molar refractivity (Wildman–Crippen MR) is 129 cm³/mol. The van der Waals surface area contributed by atoms with E-state index in [4.69, 9.17) is 11.6 Å². The van der Waals surface area contributed by atoms with Crippen molar-refractivity contribution >= 4 is 11.6 Å². The molecule has 2 aromatic rings. The molecule has 2 nitrogen and oxygen atoms in total. The molecule has 2 aliphatic rings. The lowest BCUT2D eigenvalue weighted by molar-refractivity contribution is -0.938. The summed E-state index contributed by atoms with van der Waals surface area (Å²) in [5.74, 6) is 7.13. The minimum absolute atomic E-state index is 0.217. The Bertz CT molecular complexity index is 903. The normalized spacial score (nSPS) is 21.0. The van der Waals surface area contributed by atoms with Gasteiger partial charge in [-0.15, -0.1) is 0 Å². The quantitative estimate of drug-likeness (QED) is 0.430. The van der Waals surface area contributed by atoms with Gasteiger partial charge in [0.05, 0.1) is 13.1 Å².